The van der Waals surface area contributed by atoms with Crippen molar-refractivity contribution in [2.24, 2.45) is 5.92 Å². The van der Waals surface area contributed by atoms with Crippen molar-refractivity contribution >= 4 is 16.8 Å². The molecule has 1 amide bonds. The zero-order valence-corrected chi connectivity index (χ0v) is 16.4. The first-order valence-electron chi connectivity index (χ1n) is 10.3. The van der Waals surface area contributed by atoms with Gasteiger partial charge in [0.15, 0.2) is 0 Å². The lowest BCUT2D eigenvalue weighted by Crippen LogP contribution is -2.36. The highest BCUT2D eigenvalue weighted by Gasteiger charge is 2.30. The standard InChI is InChI=1S/C22H31N3O2/c1-27-14-13-24-17-20(19-7-3-4-8-21(19)24)22(26)25-12-9-18(16-25)15-23-10-5-2-6-11-23/h3-4,7-8,17-18H,2,5-6,9-16H2,1H3. The van der Waals surface area contributed by atoms with Crippen LogP contribution >= 0.6 is 0 Å². The molecule has 0 saturated carbocycles. The molecule has 5 heteroatoms. The van der Waals surface area contributed by atoms with Crippen LogP contribution in [0.4, 0.5) is 0 Å². The monoisotopic (exact) mass is 369 g/mol. The Morgan fingerprint density at radius 2 is 1.96 bits per heavy atom. The molecule has 1 aromatic heterocycles. The summed E-state index contributed by atoms with van der Waals surface area (Å²) >= 11 is 0. The maximum atomic E-state index is 13.3. The van der Waals surface area contributed by atoms with Crippen LogP contribution in [0.15, 0.2) is 30.5 Å². The molecule has 2 aromatic rings. The lowest BCUT2D eigenvalue weighted by Gasteiger charge is -2.29. The van der Waals surface area contributed by atoms with E-state index in [0.29, 0.717) is 12.5 Å². The van der Waals surface area contributed by atoms with Crippen LogP contribution in [0, 0.1) is 5.92 Å². The van der Waals surface area contributed by atoms with Gasteiger partial charge in [-0.15, -0.1) is 0 Å². The van der Waals surface area contributed by atoms with Gasteiger partial charge in [0, 0.05) is 50.4 Å². The summed E-state index contributed by atoms with van der Waals surface area (Å²) in [4.78, 5) is 17.9. The van der Waals surface area contributed by atoms with Crippen LogP contribution in [-0.4, -0.2) is 66.7 Å². The van der Waals surface area contributed by atoms with Crippen LogP contribution in [0.1, 0.15) is 36.0 Å². The summed E-state index contributed by atoms with van der Waals surface area (Å²) in [5.41, 5.74) is 1.95. The first kappa shape index (κ1) is 18.5. The Bertz CT molecular complexity index is 779. The summed E-state index contributed by atoms with van der Waals surface area (Å²) in [5.74, 6) is 0.803. The molecule has 1 unspecified atom stereocenters. The van der Waals surface area contributed by atoms with Crippen molar-refractivity contribution in [2.75, 3.05) is 46.4 Å². The van der Waals surface area contributed by atoms with Crippen molar-refractivity contribution in [1.82, 2.24) is 14.4 Å². The fourth-order valence-electron chi connectivity index (χ4n) is 4.64. The highest BCUT2D eigenvalue weighted by Crippen LogP contribution is 2.26. The number of fused-ring (bicyclic) bond motifs is 1. The molecule has 2 fully saturated rings. The van der Waals surface area contributed by atoms with Crippen LogP contribution in [-0.2, 0) is 11.3 Å². The van der Waals surface area contributed by atoms with Crippen LogP contribution in [0.5, 0.6) is 0 Å². The molecule has 0 radical (unpaired) electrons. The number of amides is 1. The number of aromatic nitrogens is 1. The van der Waals surface area contributed by atoms with E-state index in [1.165, 1.54) is 32.4 Å². The fraction of sp³-hybridized carbons (Fsp3) is 0.591. The Balaban J connectivity index is 1.46. The average molecular weight is 370 g/mol. The van der Waals surface area contributed by atoms with Crippen molar-refractivity contribution in [3.8, 4) is 0 Å². The van der Waals surface area contributed by atoms with E-state index in [4.69, 9.17) is 4.74 Å². The van der Waals surface area contributed by atoms with Gasteiger partial charge in [0.05, 0.1) is 12.2 Å². The molecule has 3 heterocycles. The van der Waals surface area contributed by atoms with Crippen LogP contribution in [0.2, 0.25) is 0 Å². The average Bonchev–Trinajstić information content (AvgIpc) is 3.32. The van der Waals surface area contributed by atoms with Gasteiger partial charge < -0.3 is 19.1 Å². The van der Waals surface area contributed by atoms with Crippen molar-refractivity contribution < 1.29 is 9.53 Å². The Kier molecular flexibility index (Phi) is 5.79. The van der Waals surface area contributed by atoms with Gasteiger partial charge in [-0.05, 0) is 44.3 Å². The van der Waals surface area contributed by atoms with Gasteiger partial charge in [0.2, 0.25) is 0 Å². The quantitative estimate of drug-likeness (QED) is 0.785. The molecule has 4 rings (SSSR count). The number of likely N-dealkylation sites (tertiary alicyclic amines) is 2. The van der Waals surface area contributed by atoms with E-state index in [9.17, 15) is 4.79 Å². The molecule has 146 valence electrons. The fourth-order valence-corrected chi connectivity index (χ4v) is 4.64. The zero-order chi connectivity index (χ0) is 18.6. The molecular weight excluding hydrogens is 338 g/mol. The van der Waals surface area contributed by atoms with Crippen LogP contribution < -0.4 is 0 Å². The molecule has 1 aromatic carbocycles. The first-order valence-corrected chi connectivity index (χ1v) is 10.3. The predicted octanol–water partition coefficient (Wildman–Crippen LogP) is 3.24. The van der Waals surface area contributed by atoms with Crippen LogP contribution in [0.3, 0.4) is 0 Å². The number of nitrogens with zero attached hydrogens (tertiary/aromatic N) is 3. The summed E-state index contributed by atoms with van der Waals surface area (Å²) < 4.78 is 7.38. The number of methoxy groups -OCH3 is 1. The van der Waals surface area contributed by atoms with E-state index in [0.717, 1.165) is 49.1 Å². The molecule has 2 aliphatic heterocycles. The van der Waals surface area contributed by atoms with E-state index in [-0.39, 0.29) is 5.91 Å². The van der Waals surface area contributed by atoms with Gasteiger partial charge >= 0.3 is 0 Å². The minimum Gasteiger partial charge on any atom is -0.383 e. The minimum absolute atomic E-state index is 0.184. The van der Waals surface area contributed by atoms with Crippen molar-refractivity contribution in [2.45, 2.75) is 32.2 Å². The van der Waals surface area contributed by atoms with Crippen molar-refractivity contribution in [3.63, 3.8) is 0 Å². The largest absolute Gasteiger partial charge is 0.383 e. The second kappa shape index (κ2) is 8.44. The summed E-state index contributed by atoms with van der Waals surface area (Å²) in [5, 5.41) is 1.05. The SMILES string of the molecule is COCCn1cc(C(=O)N2CCC(CN3CCCCC3)C2)c2ccccc21. The van der Waals surface area contributed by atoms with Gasteiger partial charge in [-0.2, -0.15) is 0 Å². The summed E-state index contributed by atoms with van der Waals surface area (Å²) in [7, 11) is 1.71. The molecule has 1 atom stereocenters. The number of carbonyl (C=O) groups excluding carboxylic acids is 1. The highest BCUT2D eigenvalue weighted by molar-refractivity contribution is 6.07. The van der Waals surface area contributed by atoms with Gasteiger partial charge in [-0.1, -0.05) is 24.6 Å². The maximum absolute atomic E-state index is 13.3. The number of hydrogen-bond donors (Lipinski definition) is 0. The van der Waals surface area contributed by atoms with E-state index in [1.54, 1.807) is 7.11 Å². The van der Waals surface area contributed by atoms with E-state index >= 15 is 0 Å². The highest BCUT2D eigenvalue weighted by atomic mass is 16.5. The number of ether oxygens (including phenoxy) is 1. The van der Waals surface area contributed by atoms with E-state index < -0.39 is 0 Å². The third-order valence-electron chi connectivity index (χ3n) is 6.09. The Morgan fingerprint density at radius 1 is 1.15 bits per heavy atom. The smallest absolute Gasteiger partial charge is 0.256 e. The third kappa shape index (κ3) is 4.04. The number of benzene rings is 1. The lowest BCUT2D eigenvalue weighted by atomic mass is 10.1. The van der Waals surface area contributed by atoms with Gasteiger partial charge in [0.25, 0.3) is 5.91 Å². The number of piperidine rings is 1. The second-order valence-electron chi connectivity index (χ2n) is 8.01. The molecule has 0 spiro atoms. The van der Waals surface area contributed by atoms with Crippen molar-refractivity contribution in [1.29, 1.82) is 0 Å². The van der Waals surface area contributed by atoms with Crippen molar-refractivity contribution in [3.05, 3.63) is 36.0 Å². The number of carbonyl (C=O) groups is 1. The van der Waals surface area contributed by atoms with Gasteiger partial charge in [0.1, 0.15) is 0 Å². The molecule has 2 saturated heterocycles. The molecule has 0 aliphatic carbocycles. The molecule has 2 aliphatic rings. The summed E-state index contributed by atoms with van der Waals surface area (Å²) in [6.07, 6.45) is 7.18. The Hall–Kier alpha value is -1.85. The minimum atomic E-state index is 0.184. The molecule has 5 nitrogen and oxygen atoms in total. The normalized spacial score (nSPS) is 21.2. The third-order valence-corrected chi connectivity index (χ3v) is 6.09. The summed E-state index contributed by atoms with van der Waals surface area (Å²) in [6.45, 7) is 6.81. The van der Waals surface area contributed by atoms with Crippen LogP contribution in [0.25, 0.3) is 10.9 Å². The van der Waals surface area contributed by atoms with Gasteiger partial charge in [-0.25, -0.2) is 0 Å². The second-order valence-corrected chi connectivity index (χ2v) is 8.01. The molecule has 0 N–H and O–H groups in total. The number of para-hydroxylation sites is 1. The summed E-state index contributed by atoms with van der Waals surface area (Å²) in [6, 6.07) is 8.20. The Morgan fingerprint density at radius 3 is 2.78 bits per heavy atom. The predicted molar refractivity (Wildman–Crippen MR) is 108 cm³/mol. The Labute approximate surface area is 161 Å². The molecular formula is C22H31N3O2. The zero-order valence-electron chi connectivity index (χ0n) is 16.4. The number of hydrogen-bond acceptors (Lipinski definition) is 3. The molecule has 0 bridgehead atoms. The maximum Gasteiger partial charge on any atom is 0.256 e. The number of rotatable bonds is 6. The van der Waals surface area contributed by atoms with E-state index in [1.807, 2.05) is 18.3 Å². The lowest BCUT2D eigenvalue weighted by molar-refractivity contribution is 0.0784. The topological polar surface area (TPSA) is 37.7 Å². The first-order chi connectivity index (χ1) is 13.3. The van der Waals surface area contributed by atoms with E-state index in [2.05, 4.69) is 26.5 Å². The van der Waals surface area contributed by atoms with Gasteiger partial charge in [-0.3, -0.25) is 4.79 Å². The molecule has 27 heavy (non-hydrogen) atoms.